The molecule has 1 amide bonds. The van der Waals surface area contributed by atoms with E-state index in [2.05, 4.69) is 7.05 Å². The second-order valence-electron chi connectivity index (χ2n) is 5.41. The van der Waals surface area contributed by atoms with Gasteiger partial charge in [-0.1, -0.05) is 23.7 Å². The summed E-state index contributed by atoms with van der Waals surface area (Å²) in [5.41, 5.74) is 0. The maximum atomic E-state index is 12.2. The summed E-state index contributed by atoms with van der Waals surface area (Å²) in [4.78, 5) is 15.5. The van der Waals surface area contributed by atoms with Gasteiger partial charge in [-0.2, -0.15) is 0 Å². The molecule has 1 aliphatic heterocycles. The molecule has 4 nitrogen and oxygen atoms in total. The van der Waals surface area contributed by atoms with Gasteiger partial charge >= 0.3 is 0 Å². The van der Waals surface area contributed by atoms with E-state index < -0.39 is 0 Å². The number of nitrogens with zero attached hydrogens (tertiary/aromatic N) is 1. The molecule has 0 bridgehead atoms. The fraction of sp³-hybridized carbons (Fsp3) is 0.533. The predicted octanol–water partition coefficient (Wildman–Crippen LogP) is 0.854. The van der Waals surface area contributed by atoms with Crippen LogP contribution >= 0.6 is 11.6 Å². The number of para-hydroxylation sites is 1. The molecule has 0 aliphatic carbocycles. The van der Waals surface area contributed by atoms with Gasteiger partial charge in [0.15, 0.2) is 6.61 Å². The van der Waals surface area contributed by atoms with Gasteiger partial charge < -0.3 is 14.5 Å². The van der Waals surface area contributed by atoms with Crippen LogP contribution in [0.3, 0.4) is 0 Å². The van der Waals surface area contributed by atoms with Crippen molar-refractivity contribution in [2.45, 2.75) is 18.9 Å². The number of halogens is 1. The van der Waals surface area contributed by atoms with E-state index in [1.54, 1.807) is 12.1 Å². The minimum atomic E-state index is 0.00877. The number of hydrogen-bond acceptors (Lipinski definition) is 2. The van der Waals surface area contributed by atoms with Gasteiger partial charge in [0.25, 0.3) is 5.91 Å². The van der Waals surface area contributed by atoms with Crippen LogP contribution in [0.25, 0.3) is 0 Å². The molecule has 0 unspecified atom stereocenters. The molecule has 0 aromatic heterocycles. The van der Waals surface area contributed by atoms with Crippen LogP contribution in [-0.2, 0) is 4.79 Å². The lowest BCUT2D eigenvalue weighted by Crippen LogP contribution is -3.10. The van der Waals surface area contributed by atoms with Crippen LogP contribution in [0.4, 0.5) is 0 Å². The van der Waals surface area contributed by atoms with E-state index in [-0.39, 0.29) is 12.5 Å². The van der Waals surface area contributed by atoms with Gasteiger partial charge in [0.2, 0.25) is 0 Å². The number of piperidine rings is 1. The van der Waals surface area contributed by atoms with E-state index in [0.717, 1.165) is 25.9 Å². The largest absolute Gasteiger partial charge is 0.482 e. The number of nitrogens with one attached hydrogen (secondary N) is 1. The van der Waals surface area contributed by atoms with Crippen molar-refractivity contribution >= 4 is 17.5 Å². The number of carbonyl (C=O) groups is 1. The van der Waals surface area contributed by atoms with E-state index in [1.165, 1.54) is 4.90 Å². The van der Waals surface area contributed by atoms with Crippen LogP contribution < -0.4 is 9.64 Å². The molecule has 1 fully saturated rings. The summed E-state index contributed by atoms with van der Waals surface area (Å²) in [7, 11) is 4.06. The van der Waals surface area contributed by atoms with E-state index in [0.29, 0.717) is 16.8 Å². The number of likely N-dealkylation sites (tertiary alicyclic amines) is 1. The molecule has 2 rings (SSSR count). The third-order valence-corrected chi connectivity index (χ3v) is 4.25. The molecule has 20 heavy (non-hydrogen) atoms. The van der Waals surface area contributed by atoms with Crippen molar-refractivity contribution in [3.8, 4) is 5.75 Å². The molecule has 0 saturated carbocycles. The third kappa shape index (κ3) is 3.87. The van der Waals surface area contributed by atoms with Gasteiger partial charge in [-0.25, -0.2) is 0 Å². The van der Waals surface area contributed by atoms with E-state index in [1.807, 2.05) is 24.1 Å². The van der Waals surface area contributed by atoms with Crippen LogP contribution in [0.1, 0.15) is 12.8 Å². The van der Waals surface area contributed by atoms with Crippen molar-refractivity contribution < 1.29 is 14.4 Å². The standard InChI is InChI=1S/C15H21ClN2O2/c1-17-9-7-12(8-10-17)18(2)15(19)11-20-14-6-4-3-5-13(14)16/h3-6,12H,7-11H2,1-2H3/p+1. The number of carbonyl (C=O) groups excluding carboxylic acids is 1. The predicted molar refractivity (Wildman–Crippen MR) is 79.4 cm³/mol. The van der Waals surface area contributed by atoms with E-state index in [4.69, 9.17) is 16.3 Å². The first kappa shape index (κ1) is 15.1. The average Bonchev–Trinajstić information content (AvgIpc) is 2.46. The normalized spacial score (nSPS) is 22.4. The molecular weight excluding hydrogens is 276 g/mol. The van der Waals surface area contributed by atoms with E-state index >= 15 is 0 Å². The number of likely N-dealkylation sites (N-methyl/N-ethyl adjacent to an activating group) is 1. The van der Waals surface area contributed by atoms with Crippen LogP contribution in [-0.4, -0.2) is 50.6 Å². The number of benzene rings is 1. The summed E-state index contributed by atoms with van der Waals surface area (Å²) in [5, 5.41) is 0.533. The Morgan fingerprint density at radius 1 is 1.40 bits per heavy atom. The zero-order chi connectivity index (χ0) is 14.5. The molecule has 1 N–H and O–H groups in total. The minimum Gasteiger partial charge on any atom is -0.482 e. The van der Waals surface area contributed by atoms with Crippen LogP contribution in [0.15, 0.2) is 24.3 Å². The first-order chi connectivity index (χ1) is 9.58. The highest BCUT2D eigenvalue weighted by Crippen LogP contribution is 2.23. The van der Waals surface area contributed by atoms with Gasteiger partial charge in [-0.05, 0) is 12.1 Å². The average molecular weight is 298 g/mol. The Bertz CT molecular complexity index is 459. The Hall–Kier alpha value is -1.26. The number of quaternary nitrogens is 1. The van der Waals surface area contributed by atoms with Crippen molar-refractivity contribution in [3.63, 3.8) is 0 Å². The van der Waals surface area contributed by atoms with Gasteiger partial charge in [0.05, 0.1) is 25.2 Å². The Balaban J connectivity index is 1.84. The van der Waals surface area contributed by atoms with Crippen molar-refractivity contribution in [3.05, 3.63) is 29.3 Å². The number of amides is 1. The Kier molecular flexibility index (Phi) is 5.26. The molecule has 0 radical (unpaired) electrons. The fourth-order valence-corrected chi connectivity index (χ4v) is 2.68. The van der Waals surface area contributed by atoms with Crippen molar-refractivity contribution in [2.24, 2.45) is 0 Å². The molecule has 5 heteroatoms. The molecule has 1 aromatic rings. The quantitative estimate of drug-likeness (QED) is 0.894. The lowest BCUT2D eigenvalue weighted by molar-refractivity contribution is -0.885. The summed E-state index contributed by atoms with van der Waals surface area (Å²) in [6, 6.07) is 7.54. The summed E-state index contributed by atoms with van der Waals surface area (Å²) in [5.74, 6) is 0.568. The van der Waals surface area contributed by atoms with Crippen LogP contribution in [0, 0.1) is 0 Å². The number of hydrogen-bond donors (Lipinski definition) is 1. The highest BCUT2D eigenvalue weighted by molar-refractivity contribution is 6.32. The van der Waals surface area contributed by atoms with Crippen LogP contribution in [0.2, 0.25) is 5.02 Å². The lowest BCUT2D eigenvalue weighted by atomic mass is 10.0. The maximum Gasteiger partial charge on any atom is 0.260 e. The molecule has 0 atom stereocenters. The first-order valence-corrected chi connectivity index (χ1v) is 7.40. The van der Waals surface area contributed by atoms with Crippen molar-refractivity contribution in [1.29, 1.82) is 0 Å². The monoisotopic (exact) mass is 297 g/mol. The highest BCUT2D eigenvalue weighted by atomic mass is 35.5. The number of rotatable bonds is 4. The summed E-state index contributed by atoms with van der Waals surface area (Å²) in [6.07, 6.45) is 2.11. The number of ether oxygens (including phenoxy) is 1. The molecule has 110 valence electrons. The summed E-state index contributed by atoms with van der Waals surface area (Å²) in [6.45, 7) is 2.28. The maximum absolute atomic E-state index is 12.2. The second-order valence-corrected chi connectivity index (χ2v) is 5.82. The fourth-order valence-electron chi connectivity index (χ4n) is 2.49. The van der Waals surface area contributed by atoms with Gasteiger partial charge in [-0.15, -0.1) is 0 Å². The molecule has 1 saturated heterocycles. The molecule has 1 heterocycles. The molecule has 0 spiro atoms. The second kappa shape index (κ2) is 6.95. The zero-order valence-corrected chi connectivity index (χ0v) is 12.8. The van der Waals surface area contributed by atoms with Gasteiger partial charge in [0.1, 0.15) is 5.75 Å². The minimum absolute atomic E-state index is 0.00877. The Morgan fingerprint density at radius 2 is 2.05 bits per heavy atom. The lowest BCUT2D eigenvalue weighted by Gasteiger charge is -2.33. The highest BCUT2D eigenvalue weighted by Gasteiger charge is 2.26. The Morgan fingerprint density at radius 3 is 2.70 bits per heavy atom. The van der Waals surface area contributed by atoms with Crippen molar-refractivity contribution in [2.75, 3.05) is 33.8 Å². The molecule has 1 aliphatic rings. The molecule has 1 aromatic carbocycles. The Labute approximate surface area is 125 Å². The van der Waals surface area contributed by atoms with Gasteiger partial charge in [-0.3, -0.25) is 4.79 Å². The molecular formula is C15H22ClN2O2+. The third-order valence-electron chi connectivity index (χ3n) is 3.94. The van der Waals surface area contributed by atoms with Gasteiger partial charge in [0, 0.05) is 25.9 Å². The van der Waals surface area contributed by atoms with Crippen molar-refractivity contribution in [1.82, 2.24) is 4.90 Å². The summed E-state index contributed by atoms with van der Waals surface area (Å²) < 4.78 is 5.50. The topological polar surface area (TPSA) is 34.0 Å². The van der Waals surface area contributed by atoms with E-state index in [9.17, 15) is 4.79 Å². The SMILES string of the molecule is CN(C(=O)COc1ccccc1Cl)C1CC[NH+](C)CC1. The van der Waals surface area contributed by atoms with Crippen LogP contribution in [0.5, 0.6) is 5.75 Å². The first-order valence-electron chi connectivity index (χ1n) is 7.02. The smallest absolute Gasteiger partial charge is 0.260 e. The zero-order valence-electron chi connectivity index (χ0n) is 12.1. The summed E-state index contributed by atoms with van der Waals surface area (Å²) >= 11 is 6.00.